The number of imidazole rings is 1. The lowest BCUT2D eigenvalue weighted by Gasteiger charge is -2.03. The molecule has 0 aliphatic carbocycles. The van der Waals surface area contributed by atoms with Crippen LogP contribution in [0.25, 0.3) is 11.2 Å². The minimum atomic E-state index is 0.397. The zero-order chi connectivity index (χ0) is 15.0. The predicted molar refractivity (Wildman–Crippen MR) is 92.2 cm³/mol. The number of nitrogens with zero attached hydrogens (tertiary/aromatic N) is 4. The molecule has 0 fully saturated rings. The van der Waals surface area contributed by atoms with E-state index in [1.165, 1.54) is 9.13 Å². The van der Waals surface area contributed by atoms with Crippen molar-refractivity contribution in [2.24, 2.45) is 7.05 Å². The van der Waals surface area contributed by atoms with Crippen LogP contribution >= 0.6 is 22.6 Å². The van der Waals surface area contributed by atoms with E-state index >= 15 is 0 Å². The van der Waals surface area contributed by atoms with Crippen LogP contribution in [0.3, 0.4) is 0 Å². The summed E-state index contributed by atoms with van der Waals surface area (Å²) in [6.07, 6.45) is 0.734. The molecule has 0 saturated carbocycles. The highest BCUT2D eigenvalue weighted by Crippen LogP contribution is 2.21. The molecule has 0 aliphatic rings. The number of hydrogen-bond donors (Lipinski definition) is 2. The SMILES string of the molecule is CNc1nc(N)c2nc(Cc3cccc(I)c3)n(C)c2n1. The van der Waals surface area contributed by atoms with Crippen LogP contribution in [0.4, 0.5) is 11.8 Å². The summed E-state index contributed by atoms with van der Waals surface area (Å²) in [4.78, 5) is 13.2. The van der Waals surface area contributed by atoms with E-state index in [2.05, 4.69) is 61.1 Å². The van der Waals surface area contributed by atoms with Crippen LogP contribution in [-0.4, -0.2) is 26.6 Å². The number of nitrogen functional groups attached to an aromatic ring is 1. The molecule has 0 radical (unpaired) electrons. The third kappa shape index (κ3) is 2.65. The van der Waals surface area contributed by atoms with Crippen molar-refractivity contribution in [2.45, 2.75) is 6.42 Å². The maximum absolute atomic E-state index is 5.96. The Labute approximate surface area is 135 Å². The molecule has 0 saturated heterocycles. The third-order valence-corrected chi connectivity index (χ3v) is 3.98. The quantitative estimate of drug-likeness (QED) is 0.666. The van der Waals surface area contributed by atoms with E-state index in [4.69, 9.17) is 5.73 Å². The van der Waals surface area contributed by atoms with Crippen LogP contribution in [-0.2, 0) is 13.5 Å². The summed E-state index contributed by atoms with van der Waals surface area (Å²) >= 11 is 2.31. The van der Waals surface area contributed by atoms with E-state index in [0.29, 0.717) is 17.3 Å². The lowest BCUT2D eigenvalue weighted by atomic mass is 10.1. The van der Waals surface area contributed by atoms with Crippen molar-refractivity contribution >= 4 is 45.5 Å². The van der Waals surface area contributed by atoms with Crippen LogP contribution in [0.5, 0.6) is 0 Å². The van der Waals surface area contributed by atoms with Gasteiger partial charge in [-0.25, -0.2) is 4.98 Å². The number of nitrogens with two attached hydrogens (primary N) is 1. The van der Waals surface area contributed by atoms with E-state index in [-0.39, 0.29) is 0 Å². The Kier molecular flexibility index (Phi) is 3.66. The smallest absolute Gasteiger partial charge is 0.226 e. The lowest BCUT2D eigenvalue weighted by Crippen LogP contribution is -2.03. The number of hydrogen-bond acceptors (Lipinski definition) is 5. The first kappa shape index (κ1) is 14.1. The zero-order valence-electron chi connectivity index (χ0n) is 11.8. The standard InChI is InChI=1S/C14H15IN6/c1-17-14-19-12(16)11-13(20-14)21(2)10(18-11)7-8-4-3-5-9(15)6-8/h3-6H,7H2,1-2H3,(H3,16,17,19,20). The molecule has 2 aromatic heterocycles. The number of anilines is 2. The molecule has 3 N–H and O–H groups in total. The number of fused-ring (bicyclic) bond motifs is 1. The largest absolute Gasteiger partial charge is 0.382 e. The number of benzene rings is 1. The van der Waals surface area contributed by atoms with Gasteiger partial charge in [0.1, 0.15) is 5.82 Å². The van der Waals surface area contributed by atoms with Gasteiger partial charge in [0.05, 0.1) is 0 Å². The second-order valence-electron chi connectivity index (χ2n) is 4.75. The third-order valence-electron chi connectivity index (χ3n) is 3.31. The maximum atomic E-state index is 5.96. The number of nitrogens with one attached hydrogen (secondary N) is 1. The average molecular weight is 394 g/mol. The molecule has 3 aromatic rings. The van der Waals surface area contributed by atoms with E-state index in [1.54, 1.807) is 7.05 Å². The van der Waals surface area contributed by atoms with Crippen molar-refractivity contribution in [2.75, 3.05) is 18.1 Å². The highest BCUT2D eigenvalue weighted by atomic mass is 127. The summed E-state index contributed by atoms with van der Waals surface area (Å²) < 4.78 is 3.18. The van der Waals surface area contributed by atoms with E-state index in [9.17, 15) is 0 Å². The fraction of sp³-hybridized carbons (Fsp3) is 0.214. The first-order chi connectivity index (χ1) is 10.1. The van der Waals surface area contributed by atoms with E-state index in [1.807, 2.05) is 17.7 Å². The fourth-order valence-electron chi connectivity index (χ4n) is 2.23. The summed E-state index contributed by atoms with van der Waals surface area (Å²) in [5, 5.41) is 2.91. The van der Waals surface area contributed by atoms with Crippen molar-refractivity contribution < 1.29 is 0 Å². The van der Waals surface area contributed by atoms with Gasteiger partial charge >= 0.3 is 0 Å². The van der Waals surface area contributed by atoms with Crippen LogP contribution < -0.4 is 11.1 Å². The molecule has 0 bridgehead atoms. The van der Waals surface area contributed by atoms with Gasteiger partial charge in [0.15, 0.2) is 17.0 Å². The molecule has 1 aromatic carbocycles. The maximum Gasteiger partial charge on any atom is 0.226 e. The van der Waals surface area contributed by atoms with Crippen LogP contribution in [0, 0.1) is 3.57 Å². The first-order valence-corrected chi connectivity index (χ1v) is 7.57. The Morgan fingerprint density at radius 1 is 1.29 bits per heavy atom. The Morgan fingerprint density at radius 3 is 2.81 bits per heavy atom. The monoisotopic (exact) mass is 394 g/mol. The van der Waals surface area contributed by atoms with Crippen LogP contribution in [0.1, 0.15) is 11.4 Å². The topological polar surface area (TPSA) is 81.6 Å². The molecule has 2 heterocycles. The molecule has 0 amide bonds. The summed E-state index contributed by atoms with van der Waals surface area (Å²) in [7, 11) is 3.72. The molecule has 6 nitrogen and oxygen atoms in total. The van der Waals surface area contributed by atoms with Gasteiger partial charge in [-0.3, -0.25) is 0 Å². The van der Waals surface area contributed by atoms with Gasteiger partial charge in [-0.1, -0.05) is 12.1 Å². The van der Waals surface area contributed by atoms with Crippen LogP contribution in [0.2, 0.25) is 0 Å². The van der Waals surface area contributed by atoms with Crippen molar-refractivity contribution in [3.05, 3.63) is 39.2 Å². The summed E-state index contributed by atoms with van der Waals surface area (Å²) in [6.45, 7) is 0. The molecular weight excluding hydrogens is 379 g/mol. The summed E-state index contributed by atoms with van der Waals surface area (Å²) in [5.74, 6) is 1.82. The zero-order valence-corrected chi connectivity index (χ0v) is 13.9. The number of halogens is 1. The molecule has 0 unspecified atom stereocenters. The van der Waals surface area contributed by atoms with Gasteiger partial charge in [0, 0.05) is 24.1 Å². The van der Waals surface area contributed by atoms with Crippen molar-refractivity contribution in [3.63, 3.8) is 0 Å². The lowest BCUT2D eigenvalue weighted by molar-refractivity contribution is 0.835. The Balaban J connectivity index is 2.07. The second-order valence-corrected chi connectivity index (χ2v) is 5.99. The minimum absolute atomic E-state index is 0.397. The highest BCUT2D eigenvalue weighted by Gasteiger charge is 2.14. The fourth-order valence-corrected chi connectivity index (χ4v) is 2.83. The summed E-state index contributed by atoms with van der Waals surface area (Å²) in [5.41, 5.74) is 8.57. The van der Waals surface area contributed by atoms with Gasteiger partial charge in [-0.15, -0.1) is 0 Å². The van der Waals surface area contributed by atoms with Crippen molar-refractivity contribution in [3.8, 4) is 0 Å². The molecular formula is C14H15IN6. The Morgan fingerprint density at radius 2 is 2.10 bits per heavy atom. The molecule has 0 atom stereocenters. The van der Waals surface area contributed by atoms with E-state index in [0.717, 1.165) is 17.9 Å². The highest BCUT2D eigenvalue weighted by molar-refractivity contribution is 14.1. The molecule has 3 rings (SSSR count). The van der Waals surface area contributed by atoms with Gasteiger partial charge in [0.2, 0.25) is 5.95 Å². The van der Waals surface area contributed by atoms with Gasteiger partial charge in [0.25, 0.3) is 0 Å². The molecule has 0 aliphatic heterocycles. The number of rotatable bonds is 3. The van der Waals surface area contributed by atoms with Crippen molar-refractivity contribution in [1.82, 2.24) is 19.5 Å². The van der Waals surface area contributed by atoms with Crippen LogP contribution in [0.15, 0.2) is 24.3 Å². The van der Waals surface area contributed by atoms with E-state index < -0.39 is 0 Å². The van der Waals surface area contributed by atoms with Gasteiger partial charge < -0.3 is 15.6 Å². The minimum Gasteiger partial charge on any atom is -0.382 e. The molecule has 21 heavy (non-hydrogen) atoms. The first-order valence-electron chi connectivity index (χ1n) is 6.49. The summed E-state index contributed by atoms with van der Waals surface area (Å²) in [6, 6.07) is 8.36. The average Bonchev–Trinajstić information content (AvgIpc) is 2.77. The molecule has 7 heteroatoms. The molecule has 108 valence electrons. The normalized spacial score (nSPS) is 11.0. The number of aromatic nitrogens is 4. The number of aryl methyl sites for hydroxylation is 1. The second kappa shape index (κ2) is 5.47. The predicted octanol–water partition coefficient (Wildman–Crippen LogP) is 2.18. The molecule has 0 spiro atoms. The van der Waals surface area contributed by atoms with Crippen molar-refractivity contribution in [1.29, 1.82) is 0 Å². The van der Waals surface area contributed by atoms with Gasteiger partial charge in [-0.2, -0.15) is 9.97 Å². The van der Waals surface area contributed by atoms with Gasteiger partial charge in [-0.05, 0) is 40.3 Å². The Bertz CT molecular complexity index is 811. The Hall–Kier alpha value is -1.90.